The van der Waals surface area contributed by atoms with Gasteiger partial charge in [-0.25, -0.2) is 0 Å². The summed E-state index contributed by atoms with van der Waals surface area (Å²) in [6, 6.07) is 7.60. The van der Waals surface area contributed by atoms with Gasteiger partial charge >= 0.3 is 0 Å². The van der Waals surface area contributed by atoms with Gasteiger partial charge in [-0.15, -0.1) is 0 Å². The standard InChI is InChI=1S/C14H20N2O2/c1-16(12-5-3-4-6-13(12)18-2)14(17)9-11-7-8-15-10-11/h3-6,11,15H,7-10H2,1-2H3. The average Bonchev–Trinajstić information content (AvgIpc) is 2.90. The van der Waals surface area contributed by atoms with Crippen LogP contribution < -0.4 is 15.0 Å². The summed E-state index contributed by atoms with van der Waals surface area (Å²) in [4.78, 5) is 13.9. The van der Waals surface area contributed by atoms with Crippen molar-refractivity contribution in [3.05, 3.63) is 24.3 Å². The summed E-state index contributed by atoms with van der Waals surface area (Å²) in [5.41, 5.74) is 0.830. The Morgan fingerprint density at radius 3 is 2.94 bits per heavy atom. The highest BCUT2D eigenvalue weighted by molar-refractivity contribution is 5.94. The second kappa shape index (κ2) is 5.87. The van der Waals surface area contributed by atoms with E-state index < -0.39 is 0 Å². The molecule has 1 amide bonds. The fourth-order valence-electron chi connectivity index (χ4n) is 2.31. The zero-order valence-electron chi connectivity index (χ0n) is 11.0. The molecule has 0 saturated carbocycles. The molecule has 1 aliphatic rings. The van der Waals surface area contributed by atoms with E-state index in [1.54, 1.807) is 12.0 Å². The predicted molar refractivity (Wildman–Crippen MR) is 72.0 cm³/mol. The molecule has 1 aliphatic heterocycles. The normalized spacial score (nSPS) is 18.7. The van der Waals surface area contributed by atoms with Crippen LogP contribution in [0.1, 0.15) is 12.8 Å². The van der Waals surface area contributed by atoms with Crippen LogP contribution in [0.3, 0.4) is 0 Å². The second-order valence-electron chi connectivity index (χ2n) is 4.69. The lowest BCUT2D eigenvalue weighted by molar-refractivity contribution is -0.119. The van der Waals surface area contributed by atoms with E-state index in [1.165, 1.54) is 0 Å². The van der Waals surface area contributed by atoms with E-state index in [9.17, 15) is 4.79 Å². The lowest BCUT2D eigenvalue weighted by Gasteiger charge is -2.21. The summed E-state index contributed by atoms with van der Waals surface area (Å²) in [6.07, 6.45) is 1.69. The highest BCUT2D eigenvalue weighted by atomic mass is 16.5. The summed E-state index contributed by atoms with van der Waals surface area (Å²) < 4.78 is 5.28. The Morgan fingerprint density at radius 1 is 1.50 bits per heavy atom. The third-order valence-corrected chi connectivity index (χ3v) is 3.45. The van der Waals surface area contributed by atoms with Gasteiger partial charge in [0.1, 0.15) is 5.75 Å². The summed E-state index contributed by atoms with van der Waals surface area (Å²) in [7, 11) is 3.43. The van der Waals surface area contributed by atoms with Crippen LogP contribution in [-0.2, 0) is 4.79 Å². The molecule has 1 atom stereocenters. The maximum atomic E-state index is 12.2. The molecular weight excluding hydrogens is 228 g/mol. The first-order valence-corrected chi connectivity index (χ1v) is 6.32. The number of amides is 1. The Morgan fingerprint density at radius 2 is 2.28 bits per heavy atom. The van der Waals surface area contributed by atoms with Crippen LogP contribution in [0.15, 0.2) is 24.3 Å². The van der Waals surface area contributed by atoms with E-state index in [0.717, 1.165) is 30.9 Å². The summed E-state index contributed by atoms with van der Waals surface area (Å²) in [5, 5.41) is 3.28. The molecule has 98 valence electrons. The van der Waals surface area contributed by atoms with Crippen LogP contribution in [0.25, 0.3) is 0 Å². The van der Waals surface area contributed by atoms with E-state index in [-0.39, 0.29) is 5.91 Å². The number of para-hydroxylation sites is 2. The number of anilines is 1. The summed E-state index contributed by atoms with van der Waals surface area (Å²) >= 11 is 0. The van der Waals surface area contributed by atoms with Gasteiger partial charge < -0.3 is 15.0 Å². The van der Waals surface area contributed by atoms with Crippen LogP contribution in [0.2, 0.25) is 0 Å². The van der Waals surface area contributed by atoms with Gasteiger partial charge in [-0.2, -0.15) is 0 Å². The molecule has 1 N–H and O–H groups in total. The smallest absolute Gasteiger partial charge is 0.227 e. The van der Waals surface area contributed by atoms with Crippen molar-refractivity contribution in [1.29, 1.82) is 0 Å². The zero-order valence-corrected chi connectivity index (χ0v) is 11.0. The molecule has 2 rings (SSSR count). The third kappa shape index (κ3) is 2.82. The second-order valence-corrected chi connectivity index (χ2v) is 4.69. The average molecular weight is 248 g/mol. The Kier molecular flexibility index (Phi) is 4.20. The number of methoxy groups -OCH3 is 1. The van der Waals surface area contributed by atoms with Gasteiger partial charge in [0.2, 0.25) is 5.91 Å². The quantitative estimate of drug-likeness (QED) is 0.881. The molecule has 1 aromatic carbocycles. The number of benzene rings is 1. The molecule has 1 aromatic rings. The van der Waals surface area contributed by atoms with Gasteiger partial charge in [0.05, 0.1) is 12.8 Å². The van der Waals surface area contributed by atoms with Crippen molar-refractivity contribution in [1.82, 2.24) is 5.32 Å². The van der Waals surface area contributed by atoms with Crippen LogP contribution >= 0.6 is 0 Å². The number of rotatable bonds is 4. The fourth-order valence-corrected chi connectivity index (χ4v) is 2.31. The minimum Gasteiger partial charge on any atom is -0.495 e. The van der Waals surface area contributed by atoms with Gasteiger partial charge in [0.15, 0.2) is 0 Å². The first-order valence-electron chi connectivity index (χ1n) is 6.32. The molecule has 0 aliphatic carbocycles. The third-order valence-electron chi connectivity index (χ3n) is 3.45. The number of carbonyl (C=O) groups is 1. The first-order chi connectivity index (χ1) is 8.72. The Labute approximate surface area is 108 Å². The van der Waals surface area contributed by atoms with Gasteiger partial charge in [-0.3, -0.25) is 4.79 Å². The summed E-state index contributed by atoms with van der Waals surface area (Å²) in [5.74, 6) is 1.35. The molecule has 4 heteroatoms. The maximum Gasteiger partial charge on any atom is 0.227 e. The number of carbonyl (C=O) groups excluding carboxylic acids is 1. The van der Waals surface area contributed by atoms with Crippen LogP contribution in [-0.4, -0.2) is 33.2 Å². The van der Waals surface area contributed by atoms with Crippen molar-refractivity contribution in [2.45, 2.75) is 12.8 Å². The molecule has 1 fully saturated rings. The molecule has 4 nitrogen and oxygen atoms in total. The minimum absolute atomic E-state index is 0.146. The Bertz CT molecular complexity index is 414. The summed E-state index contributed by atoms with van der Waals surface area (Å²) in [6.45, 7) is 1.97. The molecule has 0 radical (unpaired) electrons. The van der Waals surface area contributed by atoms with E-state index >= 15 is 0 Å². The molecule has 18 heavy (non-hydrogen) atoms. The number of nitrogens with zero attached hydrogens (tertiary/aromatic N) is 1. The molecule has 0 aromatic heterocycles. The molecule has 1 saturated heterocycles. The van der Waals surface area contributed by atoms with Crippen molar-refractivity contribution < 1.29 is 9.53 Å². The number of ether oxygens (including phenoxy) is 1. The lowest BCUT2D eigenvalue weighted by Crippen LogP contribution is -2.29. The van der Waals surface area contributed by atoms with Crippen molar-refractivity contribution in [3.8, 4) is 5.75 Å². The highest BCUT2D eigenvalue weighted by Crippen LogP contribution is 2.27. The number of hydrogen-bond donors (Lipinski definition) is 1. The maximum absolute atomic E-state index is 12.2. The van der Waals surface area contributed by atoms with E-state index in [2.05, 4.69) is 5.32 Å². The van der Waals surface area contributed by atoms with Crippen LogP contribution in [0.5, 0.6) is 5.75 Å². The van der Waals surface area contributed by atoms with E-state index in [4.69, 9.17) is 4.74 Å². The predicted octanol–water partition coefficient (Wildman–Crippen LogP) is 1.66. The topological polar surface area (TPSA) is 41.6 Å². The van der Waals surface area contributed by atoms with Crippen molar-refractivity contribution in [3.63, 3.8) is 0 Å². The fraction of sp³-hybridized carbons (Fsp3) is 0.500. The van der Waals surface area contributed by atoms with E-state index in [0.29, 0.717) is 12.3 Å². The Balaban J connectivity index is 2.05. The molecule has 0 spiro atoms. The molecule has 0 bridgehead atoms. The first kappa shape index (κ1) is 12.9. The largest absolute Gasteiger partial charge is 0.495 e. The zero-order chi connectivity index (χ0) is 13.0. The van der Waals surface area contributed by atoms with Crippen molar-refractivity contribution in [2.75, 3.05) is 32.1 Å². The highest BCUT2D eigenvalue weighted by Gasteiger charge is 2.21. The molecule has 1 heterocycles. The number of hydrogen-bond acceptors (Lipinski definition) is 3. The minimum atomic E-state index is 0.146. The van der Waals surface area contributed by atoms with Crippen LogP contribution in [0, 0.1) is 5.92 Å². The SMILES string of the molecule is COc1ccccc1N(C)C(=O)CC1CCNC1. The van der Waals surface area contributed by atoms with Gasteiger partial charge in [0, 0.05) is 13.5 Å². The molecular formula is C14H20N2O2. The van der Waals surface area contributed by atoms with Crippen molar-refractivity contribution >= 4 is 11.6 Å². The number of nitrogens with one attached hydrogen (secondary N) is 1. The Hall–Kier alpha value is -1.55. The monoisotopic (exact) mass is 248 g/mol. The van der Waals surface area contributed by atoms with Crippen molar-refractivity contribution in [2.24, 2.45) is 5.92 Å². The van der Waals surface area contributed by atoms with Crippen LogP contribution in [0.4, 0.5) is 5.69 Å². The van der Waals surface area contributed by atoms with Gasteiger partial charge in [0.25, 0.3) is 0 Å². The lowest BCUT2D eigenvalue weighted by atomic mass is 10.0. The van der Waals surface area contributed by atoms with Gasteiger partial charge in [-0.1, -0.05) is 12.1 Å². The van der Waals surface area contributed by atoms with E-state index in [1.807, 2.05) is 31.3 Å². The van der Waals surface area contributed by atoms with Gasteiger partial charge in [-0.05, 0) is 37.6 Å². The molecule has 1 unspecified atom stereocenters.